The Morgan fingerprint density at radius 3 is 1.84 bits per heavy atom. The van der Waals surface area contributed by atoms with Crippen molar-refractivity contribution >= 4 is 34.2 Å². The fourth-order valence-electron chi connectivity index (χ4n) is 5.06. The van der Waals surface area contributed by atoms with Crippen LogP contribution in [-0.4, -0.2) is 0 Å². The zero-order valence-electron chi connectivity index (χ0n) is 21.1. The highest BCUT2D eigenvalue weighted by atomic mass is 35.5. The van der Waals surface area contributed by atoms with E-state index in [9.17, 15) is 0 Å². The third kappa shape index (κ3) is 5.07. The molecule has 38 heavy (non-hydrogen) atoms. The van der Waals surface area contributed by atoms with Gasteiger partial charge in [-0.3, -0.25) is 0 Å². The summed E-state index contributed by atoms with van der Waals surface area (Å²) in [6.45, 7) is 0. The molecule has 0 unspecified atom stereocenters. The van der Waals surface area contributed by atoms with E-state index in [1.165, 1.54) is 33.4 Å². The Kier molecular flexibility index (Phi) is 6.93. The summed E-state index contributed by atoms with van der Waals surface area (Å²) in [5, 5.41) is 0.726. The molecule has 1 nitrogen and oxygen atoms in total. The van der Waals surface area contributed by atoms with Crippen LogP contribution in [0.4, 0.5) is 17.1 Å². The Hall–Kier alpha value is -4.33. The molecular weight excluding hydrogens is 482 g/mol. The van der Waals surface area contributed by atoms with Gasteiger partial charge in [0.25, 0.3) is 0 Å². The van der Waals surface area contributed by atoms with Crippen molar-refractivity contribution in [3.05, 3.63) is 156 Å². The van der Waals surface area contributed by atoms with E-state index in [1.807, 2.05) is 12.1 Å². The van der Waals surface area contributed by atoms with Crippen molar-refractivity contribution < 1.29 is 0 Å². The lowest BCUT2D eigenvalue weighted by Gasteiger charge is -2.29. The molecule has 1 aliphatic carbocycles. The molecule has 6 rings (SSSR count). The Labute approximate surface area is 230 Å². The molecule has 0 saturated carbocycles. The summed E-state index contributed by atoms with van der Waals surface area (Å²) >= 11 is 6.32. The molecule has 0 aliphatic heterocycles. The lowest BCUT2D eigenvalue weighted by molar-refractivity contribution is 1.04. The predicted octanol–water partition coefficient (Wildman–Crippen LogP) is 10.9. The zero-order chi connectivity index (χ0) is 25.7. The summed E-state index contributed by atoms with van der Waals surface area (Å²) in [6.07, 6.45) is 9.02. The predicted molar refractivity (Wildman–Crippen MR) is 163 cm³/mol. The first-order chi connectivity index (χ1) is 18.8. The first kappa shape index (κ1) is 24.0. The van der Waals surface area contributed by atoms with Gasteiger partial charge in [-0.05, 0) is 89.2 Å². The highest BCUT2D eigenvalue weighted by Gasteiger charge is 2.19. The zero-order valence-corrected chi connectivity index (χ0v) is 21.9. The van der Waals surface area contributed by atoms with Crippen molar-refractivity contribution in [1.82, 2.24) is 0 Å². The van der Waals surface area contributed by atoms with Crippen LogP contribution in [0, 0.1) is 0 Å². The summed E-state index contributed by atoms with van der Waals surface area (Å²) in [5.41, 5.74) is 10.6. The summed E-state index contributed by atoms with van der Waals surface area (Å²) in [4.78, 5) is 2.34. The van der Waals surface area contributed by atoms with Gasteiger partial charge in [-0.2, -0.15) is 0 Å². The van der Waals surface area contributed by atoms with Gasteiger partial charge in [0.15, 0.2) is 0 Å². The average molecular weight is 510 g/mol. The Morgan fingerprint density at radius 1 is 0.526 bits per heavy atom. The normalized spacial score (nSPS) is 12.7. The monoisotopic (exact) mass is 509 g/mol. The molecule has 0 fully saturated rings. The first-order valence-corrected chi connectivity index (χ1v) is 13.4. The minimum Gasteiger partial charge on any atom is -0.310 e. The van der Waals surface area contributed by atoms with E-state index in [0.29, 0.717) is 0 Å². The summed E-state index contributed by atoms with van der Waals surface area (Å²) in [7, 11) is 0. The maximum atomic E-state index is 6.32. The van der Waals surface area contributed by atoms with Gasteiger partial charge in [0.2, 0.25) is 0 Å². The molecule has 0 N–H and O–H groups in total. The van der Waals surface area contributed by atoms with Gasteiger partial charge >= 0.3 is 0 Å². The van der Waals surface area contributed by atoms with Crippen LogP contribution in [0.2, 0.25) is 5.02 Å². The highest BCUT2D eigenvalue weighted by Crippen LogP contribution is 2.42. The minimum atomic E-state index is 0.726. The fourth-order valence-corrected chi connectivity index (χ4v) is 5.18. The van der Waals surface area contributed by atoms with Crippen molar-refractivity contribution in [2.75, 3.05) is 4.90 Å². The second-order valence-electron chi connectivity index (χ2n) is 9.47. The molecule has 0 saturated heterocycles. The molecule has 0 heterocycles. The van der Waals surface area contributed by atoms with Crippen LogP contribution >= 0.6 is 11.6 Å². The molecule has 0 amide bonds. The van der Waals surface area contributed by atoms with Crippen LogP contribution in [-0.2, 0) is 0 Å². The average Bonchev–Trinajstić information content (AvgIpc) is 3.00. The quantitative estimate of drug-likeness (QED) is 0.220. The van der Waals surface area contributed by atoms with Gasteiger partial charge in [-0.25, -0.2) is 0 Å². The largest absolute Gasteiger partial charge is 0.310 e. The molecule has 0 atom stereocenters. The number of anilines is 3. The number of rotatable bonds is 6. The van der Waals surface area contributed by atoms with Crippen molar-refractivity contribution in [3.8, 4) is 22.3 Å². The molecule has 1 aliphatic rings. The number of hydrogen-bond acceptors (Lipinski definition) is 1. The van der Waals surface area contributed by atoms with E-state index in [-0.39, 0.29) is 0 Å². The van der Waals surface area contributed by atoms with Crippen LogP contribution in [0.3, 0.4) is 0 Å². The van der Waals surface area contributed by atoms with Crippen LogP contribution in [0.5, 0.6) is 0 Å². The van der Waals surface area contributed by atoms with Gasteiger partial charge in [0.1, 0.15) is 0 Å². The van der Waals surface area contributed by atoms with Gasteiger partial charge in [0.05, 0.1) is 5.69 Å². The third-order valence-electron chi connectivity index (χ3n) is 6.95. The molecule has 2 heteroatoms. The molecule has 0 radical (unpaired) electrons. The molecule has 0 aromatic heterocycles. The molecule has 0 spiro atoms. The van der Waals surface area contributed by atoms with Crippen molar-refractivity contribution in [2.45, 2.75) is 12.8 Å². The second kappa shape index (κ2) is 11.0. The van der Waals surface area contributed by atoms with E-state index in [4.69, 9.17) is 11.6 Å². The number of nitrogens with zero attached hydrogens (tertiary/aromatic N) is 1. The van der Waals surface area contributed by atoms with Gasteiger partial charge < -0.3 is 4.90 Å². The number of benzene rings is 5. The fraction of sp³-hybridized carbons (Fsp3) is 0.0556. The minimum absolute atomic E-state index is 0.726. The highest BCUT2D eigenvalue weighted by molar-refractivity contribution is 6.30. The molecule has 184 valence electrons. The lowest BCUT2D eigenvalue weighted by Crippen LogP contribution is -2.12. The van der Waals surface area contributed by atoms with Gasteiger partial charge in [-0.1, -0.05) is 109 Å². The van der Waals surface area contributed by atoms with E-state index in [0.717, 1.165) is 34.9 Å². The number of allylic oxidation sites excluding steroid dienone is 4. The van der Waals surface area contributed by atoms with Gasteiger partial charge in [-0.15, -0.1) is 0 Å². The maximum Gasteiger partial charge on any atom is 0.0540 e. The molecular formula is C36H28ClN. The Morgan fingerprint density at radius 2 is 1.18 bits per heavy atom. The SMILES string of the molecule is Clc1ccc(N(c2cccc(-c3ccccc3)c2)c2ccc(-c3ccccc3)cc2C2=CCCC=C2)cc1. The van der Waals surface area contributed by atoms with E-state index in [1.54, 1.807) is 0 Å². The first-order valence-electron chi connectivity index (χ1n) is 13.0. The molecule has 0 bridgehead atoms. The summed E-state index contributed by atoms with van der Waals surface area (Å²) < 4.78 is 0. The van der Waals surface area contributed by atoms with Crippen LogP contribution in [0.15, 0.2) is 146 Å². The molecule has 5 aromatic rings. The standard InChI is InChI=1S/C36H28ClN/c37-32-20-22-33(23-21-32)38(34-18-10-17-30(25-34)27-11-4-1-5-12-27)36-24-19-31(28-13-6-2-7-14-28)26-35(36)29-15-8-3-9-16-29/h1-2,4-8,10-26H,3,9H2. The number of hydrogen-bond donors (Lipinski definition) is 0. The van der Waals surface area contributed by atoms with Crippen molar-refractivity contribution in [1.29, 1.82) is 0 Å². The van der Waals surface area contributed by atoms with E-state index in [2.05, 4.69) is 138 Å². The maximum absolute atomic E-state index is 6.32. The van der Waals surface area contributed by atoms with Crippen LogP contribution in [0.1, 0.15) is 18.4 Å². The van der Waals surface area contributed by atoms with Crippen molar-refractivity contribution in [2.24, 2.45) is 0 Å². The summed E-state index contributed by atoms with van der Waals surface area (Å²) in [6, 6.07) is 44.8. The Balaban J connectivity index is 1.56. The smallest absolute Gasteiger partial charge is 0.0540 e. The third-order valence-corrected chi connectivity index (χ3v) is 7.20. The van der Waals surface area contributed by atoms with Crippen LogP contribution < -0.4 is 4.90 Å². The lowest BCUT2D eigenvalue weighted by atomic mass is 9.93. The van der Waals surface area contributed by atoms with Gasteiger partial charge in [0, 0.05) is 22.0 Å². The van der Waals surface area contributed by atoms with Crippen molar-refractivity contribution in [3.63, 3.8) is 0 Å². The number of halogens is 1. The van der Waals surface area contributed by atoms with Crippen LogP contribution in [0.25, 0.3) is 27.8 Å². The second-order valence-corrected chi connectivity index (χ2v) is 9.90. The topological polar surface area (TPSA) is 3.24 Å². The van der Waals surface area contributed by atoms with E-state index < -0.39 is 0 Å². The Bertz CT molecular complexity index is 1600. The summed E-state index contributed by atoms with van der Waals surface area (Å²) in [5.74, 6) is 0. The van der Waals surface area contributed by atoms with E-state index >= 15 is 0 Å². The molecule has 5 aromatic carbocycles.